The van der Waals surface area contributed by atoms with E-state index in [0.717, 1.165) is 13.0 Å². The number of nitrogens with one attached hydrogen (secondary N) is 1. The highest BCUT2D eigenvalue weighted by molar-refractivity contribution is 5.95. The highest BCUT2D eigenvalue weighted by Crippen LogP contribution is 2.16. The largest absolute Gasteiger partial charge is 0.397 e. The van der Waals surface area contributed by atoms with Crippen LogP contribution in [0.5, 0.6) is 0 Å². The summed E-state index contributed by atoms with van der Waals surface area (Å²) in [6.07, 6.45) is 0.436. The smallest absolute Gasteiger partial charge is 0.238 e. The van der Waals surface area contributed by atoms with Crippen LogP contribution in [0.15, 0.2) is 24.3 Å². The molecule has 1 saturated heterocycles. The number of β-amino-alcohol motifs (C(OH)–C–C–N with tert-alkyl or cyclic N) is 1. The topological polar surface area (TPSA) is 78.6 Å². The molecule has 0 aromatic heterocycles. The number of carbonyl (C=O) groups excluding carboxylic acids is 1. The Labute approximate surface area is 100 Å². The molecular formula is C12H17N3O2. The number of nitrogens with zero attached hydrogens (tertiary/aromatic N) is 1. The van der Waals surface area contributed by atoms with Crippen LogP contribution in [0.25, 0.3) is 0 Å². The highest BCUT2D eigenvalue weighted by atomic mass is 16.3. The van der Waals surface area contributed by atoms with Crippen LogP contribution in [0.1, 0.15) is 6.42 Å². The van der Waals surface area contributed by atoms with E-state index in [1.165, 1.54) is 0 Å². The van der Waals surface area contributed by atoms with Gasteiger partial charge < -0.3 is 16.2 Å². The summed E-state index contributed by atoms with van der Waals surface area (Å²) in [4.78, 5) is 13.7. The summed E-state index contributed by atoms with van der Waals surface area (Å²) in [5, 5.41) is 12.1. The molecule has 1 heterocycles. The normalized spacial score (nSPS) is 20.4. The van der Waals surface area contributed by atoms with Crippen LogP contribution in [-0.4, -0.2) is 41.7 Å². The van der Waals surface area contributed by atoms with Crippen LogP contribution in [0.2, 0.25) is 0 Å². The lowest BCUT2D eigenvalue weighted by Gasteiger charge is -2.15. The zero-order valence-corrected chi connectivity index (χ0v) is 9.60. The fourth-order valence-electron chi connectivity index (χ4n) is 1.96. The monoisotopic (exact) mass is 235 g/mol. The van der Waals surface area contributed by atoms with Crippen LogP contribution in [0, 0.1) is 0 Å². The van der Waals surface area contributed by atoms with Crippen molar-refractivity contribution in [1.29, 1.82) is 0 Å². The second-order valence-electron chi connectivity index (χ2n) is 4.31. The summed E-state index contributed by atoms with van der Waals surface area (Å²) in [5.41, 5.74) is 6.92. The molecule has 1 aliphatic heterocycles. The van der Waals surface area contributed by atoms with Gasteiger partial charge in [-0.25, -0.2) is 0 Å². The van der Waals surface area contributed by atoms with Crippen molar-refractivity contribution in [2.24, 2.45) is 0 Å². The van der Waals surface area contributed by atoms with Crippen LogP contribution in [0.3, 0.4) is 0 Å². The summed E-state index contributed by atoms with van der Waals surface area (Å²) < 4.78 is 0. The van der Waals surface area contributed by atoms with Crippen molar-refractivity contribution >= 4 is 17.3 Å². The molecule has 1 amide bonds. The van der Waals surface area contributed by atoms with Gasteiger partial charge in [0, 0.05) is 13.1 Å². The lowest BCUT2D eigenvalue weighted by molar-refractivity contribution is -0.117. The molecule has 1 aliphatic rings. The van der Waals surface area contributed by atoms with Gasteiger partial charge in [-0.15, -0.1) is 0 Å². The maximum Gasteiger partial charge on any atom is 0.238 e. The number of nitrogen functional groups attached to an aromatic ring is 1. The maximum atomic E-state index is 11.7. The van der Waals surface area contributed by atoms with Crippen molar-refractivity contribution in [2.45, 2.75) is 12.5 Å². The number of para-hydroxylation sites is 2. The van der Waals surface area contributed by atoms with E-state index in [2.05, 4.69) is 5.32 Å². The summed E-state index contributed by atoms with van der Waals surface area (Å²) >= 11 is 0. The molecule has 4 N–H and O–H groups in total. The predicted molar refractivity (Wildman–Crippen MR) is 66.5 cm³/mol. The zero-order chi connectivity index (χ0) is 12.3. The van der Waals surface area contributed by atoms with E-state index in [1.54, 1.807) is 12.1 Å². The standard InChI is InChI=1S/C12H17N3O2/c13-10-3-1-2-4-11(10)14-12(17)8-15-6-5-9(16)7-15/h1-4,9,16H,5-8,13H2,(H,14,17). The SMILES string of the molecule is Nc1ccccc1NC(=O)CN1CCC(O)C1. The third kappa shape index (κ3) is 3.18. The number of hydrogen-bond acceptors (Lipinski definition) is 4. The first kappa shape index (κ1) is 11.9. The molecule has 0 radical (unpaired) electrons. The summed E-state index contributed by atoms with van der Waals surface area (Å²) in [7, 11) is 0. The summed E-state index contributed by atoms with van der Waals surface area (Å²) in [6.45, 7) is 1.63. The van der Waals surface area contributed by atoms with E-state index in [4.69, 9.17) is 5.73 Å². The molecule has 0 saturated carbocycles. The Morgan fingerprint density at radius 1 is 1.53 bits per heavy atom. The predicted octanol–water partition coefficient (Wildman–Crippen LogP) is 0.274. The molecule has 1 fully saturated rings. The first-order valence-corrected chi connectivity index (χ1v) is 5.70. The Morgan fingerprint density at radius 2 is 2.29 bits per heavy atom. The third-order valence-corrected chi connectivity index (χ3v) is 2.85. The van der Waals surface area contributed by atoms with Crippen LogP contribution in [0.4, 0.5) is 11.4 Å². The molecule has 1 aromatic carbocycles. The van der Waals surface area contributed by atoms with Gasteiger partial charge in [0.05, 0.1) is 24.0 Å². The lowest BCUT2D eigenvalue weighted by Crippen LogP contribution is -2.32. The molecule has 5 nitrogen and oxygen atoms in total. The number of aliphatic hydroxyl groups is 1. The highest BCUT2D eigenvalue weighted by Gasteiger charge is 2.21. The second kappa shape index (κ2) is 5.16. The van der Waals surface area contributed by atoms with E-state index < -0.39 is 0 Å². The number of rotatable bonds is 3. The van der Waals surface area contributed by atoms with Crippen LogP contribution < -0.4 is 11.1 Å². The minimum Gasteiger partial charge on any atom is -0.397 e. The molecule has 1 atom stereocenters. The van der Waals surface area contributed by atoms with Gasteiger partial charge in [0.15, 0.2) is 0 Å². The summed E-state index contributed by atoms with van der Waals surface area (Å²) in [5.74, 6) is -0.1000. The van der Waals surface area contributed by atoms with Gasteiger partial charge in [0.1, 0.15) is 0 Å². The fraction of sp³-hybridized carbons (Fsp3) is 0.417. The number of carbonyl (C=O) groups is 1. The van der Waals surface area contributed by atoms with Crippen molar-refractivity contribution in [3.8, 4) is 0 Å². The van der Waals surface area contributed by atoms with Crippen molar-refractivity contribution in [3.63, 3.8) is 0 Å². The second-order valence-corrected chi connectivity index (χ2v) is 4.31. The minimum absolute atomic E-state index is 0.1000. The third-order valence-electron chi connectivity index (χ3n) is 2.85. The molecule has 0 aliphatic carbocycles. The van der Waals surface area contributed by atoms with Gasteiger partial charge in [-0.2, -0.15) is 0 Å². The lowest BCUT2D eigenvalue weighted by atomic mass is 10.2. The van der Waals surface area contributed by atoms with Crippen molar-refractivity contribution in [2.75, 3.05) is 30.7 Å². The van der Waals surface area contributed by atoms with Crippen molar-refractivity contribution in [1.82, 2.24) is 4.90 Å². The molecule has 0 spiro atoms. The minimum atomic E-state index is -0.301. The Kier molecular flexibility index (Phi) is 3.61. The molecule has 5 heteroatoms. The van der Waals surface area contributed by atoms with Crippen molar-refractivity contribution in [3.05, 3.63) is 24.3 Å². The number of hydrogen-bond donors (Lipinski definition) is 3. The molecule has 0 bridgehead atoms. The van der Waals surface area contributed by atoms with Crippen LogP contribution >= 0.6 is 0 Å². The number of amides is 1. The van der Waals surface area contributed by atoms with Gasteiger partial charge in [-0.05, 0) is 18.6 Å². The van der Waals surface area contributed by atoms with Crippen LogP contribution in [-0.2, 0) is 4.79 Å². The molecular weight excluding hydrogens is 218 g/mol. The van der Waals surface area contributed by atoms with Gasteiger partial charge in [-0.3, -0.25) is 9.69 Å². The first-order chi connectivity index (χ1) is 8.15. The number of aliphatic hydroxyl groups excluding tert-OH is 1. The van der Waals surface area contributed by atoms with E-state index in [-0.39, 0.29) is 12.0 Å². The number of nitrogens with two attached hydrogens (primary N) is 1. The first-order valence-electron chi connectivity index (χ1n) is 5.70. The Balaban J connectivity index is 1.87. The maximum absolute atomic E-state index is 11.7. The average molecular weight is 235 g/mol. The van der Waals surface area contributed by atoms with E-state index in [9.17, 15) is 9.90 Å². The van der Waals surface area contributed by atoms with Gasteiger partial charge in [-0.1, -0.05) is 12.1 Å². The summed E-state index contributed by atoms with van der Waals surface area (Å²) in [6, 6.07) is 7.16. The quantitative estimate of drug-likeness (QED) is 0.657. The Morgan fingerprint density at radius 3 is 2.94 bits per heavy atom. The fourth-order valence-corrected chi connectivity index (χ4v) is 1.96. The Hall–Kier alpha value is -1.59. The van der Waals surface area contributed by atoms with Gasteiger partial charge in [0.25, 0.3) is 0 Å². The molecule has 17 heavy (non-hydrogen) atoms. The number of anilines is 2. The zero-order valence-electron chi connectivity index (χ0n) is 9.60. The van der Waals surface area contributed by atoms with E-state index in [1.807, 2.05) is 17.0 Å². The number of benzene rings is 1. The molecule has 1 aromatic rings. The molecule has 1 unspecified atom stereocenters. The van der Waals surface area contributed by atoms with E-state index in [0.29, 0.717) is 24.5 Å². The Bertz CT molecular complexity index is 408. The van der Waals surface area contributed by atoms with Crippen molar-refractivity contribution < 1.29 is 9.90 Å². The number of likely N-dealkylation sites (tertiary alicyclic amines) is 1. The van der Waals surface area contributed by atoms with E-state index >= 15 is 0 Å². The van der Waals surface area contributed by atoms with Gasteiger partial charge in [0.2, 0.25) is 5.91 Å². The molecule has 92 valence electrons. The average Bonchev–Trinajstić information content (AvgIpc) is 2.67. The molecule has 2 rings (SSSR count). The van der Waals surface area contributed by atoms with Gasteiger partial charge >= 0.3 is 0 Å².